The van der Waals surface area contributed by atoms with E-state index in [0.29, 0.717) is 5.92 Å². The first-order valence-electron chi connectivity index (χ1n) is 5.74. The first kappa shape index (κ1) is 13.0. The van der Waals surface area contributed by atoms with Crippen molar-refractivity contribution in [1.29, 1.82) is 0 Å². The van der Waals surface area contributed by atoms with Crippen LogP contribution < -0.4 is 0 Å². The zero-order valence-electron chi connectivity index (χ0n) is 9.86. The van der Waals surface area contributed by atoms with Gasteiger partial charge in [0.1, 0.15) is 0 Å². The number of nitrogens with zero attached hydrogens (tertiary/aromatic N) is 1. The van der Waals surface area contributed by atoms with Crippen molar-refractivity contribution < 1.29 is 4.79 Å². The van der Waals surface area contributed by atoms with Gasteiger partial charge in [-0.2, -0.15) is 0 Å². The molecule has 0 saturated carbocycles. The summed E-state index contributed by atoms with van der Waals surface area (Å²) in [7, 11) is 0. The molecule has 1 aliphatic heterocycles. The second-order valence-electron chi connectivity index (χ2n) is 4.26. The molecule has 1 fully saturated rings. The number of carbonyl (C=O) groups is 1. The molecule has 4 heteroatoms. The van der Waals surface area contributed by atoms with Crippen LogP contribution in [0.25, 0.3) is 0 Å². The normalized spacial score (nSPS) is 19.6. The third-order valence-electron chi connectivity index (χ3n) is 3.13. The van der Waals surface area contributed by atoms with E-state index in [1.807, 2.05) is 35.4 Å². The van der Waals surface area contributed by atoms with Crippen molar-refractivity contribution in [1.82, 2.24) is 4.90 Å². The van der Waals surface area contributed by atoms with Crippen LogP contribution in [0, 0.1) is 5.92 Å². The Balaban J connectivity index is 2.15. The highest BCUT2D eigenvalue weighted by atomic mass is 79.9. The molecule has 1 atom stereocenters. The predicted octanol–water partition coefficient (Wildman–Crippen LogP) is 3.27. The van der Waals surface area contributed by atoms with E-state index in [0.717, 1.165) is 35.3 Å². The van der Waals surface area contributed by atoms with Gasteiger partial charge >= 0.3 is 0 Å². The number of rotatable bonds is 3. The SMILES string of the molecule is CSc1ccccc1C(=O)N1CCC(CBr)C1. The fraction of sp³-hybridized carbons (Fsp3) is 0.462. The van der Waals surface area contributed by atoms with Gasteiger partial charge in [0.05, 0.1) is 5.56 Å². The van der Waals surface area contributed by atoms with Crippen molar-refractivity contribution in [3.8, 4) is 0 Å². The molecule has 1 amide bonds. The molecule has 0 bridgehead atoms. The Morgan fingerprint density at radius 3 is 2.94 bits per heavy atom. The predicted molar refractivity (Wildman–Crippen MR) is 76.0 cm³/mol. The van der Waals surface area contributed by atoms with Gasteiger partial charge in [-0.1, -0.05) is 28.1 Å². The molecule has 0 N–H and O–H groups in total. The first-order valence-corrected chi connectivity index (χ1v) is 8.09. The summed E-state index contributed by atoms with van der Waals surface area (Å²) in [6.45, 7) is 1.77. The second-order valence-corrected chi connectivity index (χ2v) is 5.76. The van der Waals surface area contributed by atoms with Crippen LogP contribution >= 0.6 is 27.7 Å². The van der Waals surface area contributed by atoms with Crippen LogP contribution in [-0.2, 0) is 0 Å². The summed E-state index contributed by atoms with van der Waals surface area (Å²) < 4.78 is 0. The summed E-state index contributed by atoms with van der Waals surface area (Å²) in [5.74, 6) is 0.791. The number of hydrogen-bond acceptors (Lipinski definition) is 2. The number of likely N-dealkylation sites (tertiary alicyclic amines) is 1. The van der Waals surface area contributed by atoms with Gasteiger partial charge in [-0.05, 0) is 30.7 Å². The molecule has 0 spiro atoms. The van der Waals surface area contributed by atoms with E-state index in [4.69, 9.17) is 0 Å². The van der Waals surface area contributed by atoms with Crippen molar-refractivity contribution in [2.75, 3.05) is 24.7 Å². The van der Waals surface area contributed by atoms with Gasteiger partial charge < -0.3 is 4.90 Å². The summed E-state index contributed by atoms with van der Waals surface area (Å²) in [6.07, 6.45) is 3.12. The van der Waals surface area contributed by atoms with E-state index < -0.39 is 0 Å². The van der Waals surface area contributed by atoms with E-state index in [1.54, 1.807) is 11.8 Å². The number of thioether (sulfide) groups is 1. The maximum atomic E-state index is 12.4. The first-order chi connectivity index (χ1) is 8.26. The molecule has 1 aliphatic rings. The van der Waals surface area contributed by atoms with Crippen LogP contribution in [0.2, 0.25) is 0 Å². The minimum Gasteiger partial charge on any atom is -0.338 e. The molecule has 1 aromatic carbocycles. The molecule has 1 aromatic rings. The fourth-order valence-corrected chi connectivity index (χ4v) is 3.25. The lowest BCUT2D eigenvalue weighted by Crippen LogP contribution is -2.29. The Morgan fingerprint density at radius 2 is 2.29 bits per heavy atom. The molecule has 1 unspecified atom stereocenters. The average Bonchev–Trinajstić information content (AvgIpc) is 2.86. The lowest BCUT2D eigenvalue weighted by atomic mass is 10.2. The maximum Gasteiger partial charge on any atom is 0.254 e. The monoisotopic (exact) mass is 313 g/mol. The smallest absolute Gasteiger partial charge is 0.254 e. The molecule has 0 radical (unpaired) electrons. The summed E-state index contributed by atoms with van der Waals surface area (Å²) >= 11 is 5.13. The number of hydrogen-bond donors (Lipinski definition) is 0. The zero-order valence-corrected chi connectivity index (χ0v) is 12.3. The van der Waals surface area contributed by atoms with Gasteiger partial charge in [-0.25, -0.2) is 0 Å². The highest BCUT2D eigenvalue weighted by molar-refractivity contribution is 9.09. The molecule has 1 saturated heterocycles. The van der Waals surface area contributed by atoms with Gasteiger partial charge in [0.15, 0.2) is 0 Å². The molecule has 92 valence electrons. The Bertz CT molecular complexity index is 410. The van der Waals surface area contributed by atoms with Crippen molar-refractivity contribution >= 4 is 33.6 Å². The number of benzene rings is 1. The Hall–Kier alpha value is -0.480. The van der Waals surface area contributed by atoms with Gasteiger partial charge in [-0.3, -0.25) is 4.79 Å². The topological polar surface area (TPSA) is 20.3 Å². The van der Waals surface area contributed by atoms with Crippen LogP contribution in [0.5, 0.6) is 0 Å². The van der Waals surface area contributed by atoms with Crippen LogP contribution in [-0.4, -0.2) is 35.5 Å². The highest BCUT2D eigenvalue weighted by Gasteiger charge is 2.27. The molecule has 0 aliphatic carbocycles. The molecular formula is C13H16BrNOS. The summed E-state index contributed by atoms with van der Waals surface area (Å²) in [6, 6.07) is 7.85. The Labute approximate surface area is 115 Å². The Kier molecular flexibility index (Phi) is 4.51. The van der Waals surface area contributed by atoms with Gasteiger partial charge in [0, 0.05) is 23.3 Å². The minimum atomic E-state index is 0.179. The largest absolute Gasteiger partial charge is 0.338 e. The highest BCUT2D eigenvalue weighted by Crippen LogP contribution is 2.25. The van der Waals surface area contributed by atoms with Crippen LogP contribution in [0.3, 0.4) is 0 Å². The minimum absolute atomic E-state index is 0.179. The third-order valence-corrected chi connectivity index (χ3v) is 4.84. The third kappa shape index (κ3) is 2.86. The molecule has 2 rings (SSSR count). The standard InChI is InChI=1S/C13H16BrNOS/c1-17-12-5-3-2-4-11(12)13(16)15-7-6-10(8-14)9-15/h2-5,10H,6-9H2,1H3. The molecule has 1 heterocycles. The van der Waals surface area contributed by atoms with Gasteiger partial charge in [-0.15, -0.1) is 11.8 Å². The van der Waals surface area contributed by atoms with E-state index in [9.17, 15) is 4.79 Å². The van der Waals surface area contributed by atoms with E-state index >= 15 is 0 Å². The van der Waals surface area contributed by atoms with Gasteiger partial charge in [0.25, 0.3) is 5.91 Å². The number of halogens is 1. The van der Waals surface area contributed by atoms with E-state index in [2.05, 4.69) is 15.9 Å². The van der Waals surface area contributed by atoms with Crippen molar-refractivity contribution in [3.63, 3.8) is 0 Å². The Morgan fingerprint density at radius 1 is 1.53 bits per heavy atom. The number of alkyl halides is 1. The molecule has 17 heavy (non-hydrogen) atoms. The quantitative estimate of drug-likeness (QED) is 0.630. The zero-order chi connectivity index (χ0) is 12.3. The summed E-state index contributed by atoms with van der Waals surface area (Å²) in [4.78, 5) is 15.4. The lowest BCUT2D eigenvalue weighted by Gasteiger charge is -2.17. The molecular weight excluding hydrogens is 298 g/mol. The van der Waals surface area contributed by atoms with Crippen LogP contribution in [0.1, 0.15) is 16.8 Å². The summed E-state index contributed by atoms with van der Waals surface area (Å²) in [5, 5.41) is 0.987. The van der Waals surface area contributed by atoms with Gasteiger partial charge in [0.2, 0.25) is 0 Å². The van der Waals surface area contributed by atoms with Crippen LogP contribution in [0.4, 0.5) is 0 Å². The molecule has 2 nitrogen and oxygen atoms in total. The van der Waals surface area contributed by atoms with E-state index in [1.165, 1.54) is 0 Å². The van der Waals surface area contributed by atoms with Crippen LogP contribution in [0.15, 0.2) is 29.2 Å². The number of carbonyl (C=O) groups excluding carboxylic acids is 1. The fourth-order valence-electron chi connectivity index (χ4n) is 2.13. The average molecular weight is 314 g/mol. The van der Waals surface area contributed by atoms with Crippen molar-refractivity contribution in [2.24, 2.45) is 5.92 Å². The second kappa shape index (κ2) is 5.91. The van der Waals surface area contributed by atoms with Crippen molar-refractivity contribution in [3.05, 3.63) is 29.8 Å². The summed E-state index contributed by atoms with van der Waals surface area (Å²) in [5.41, 5.74) is 0.843. The lowest BCUT2D eigenvalue weighted by molar-refractivity contribution is 0.0785. The van der Waals surface area contributed by atoms with Crippen molar-refractivity contribution in [2.45, 2.75) is 11.3 Å². The molecule has 0 aromatic heterocycles. The maximum absolute atomic E-state index is 12.4. The number of amides is 1. The van der Waals surface area contributed by atoms with E-state index in [-0.39, 0.29) is 5.91 Å².